The van der Waals surface area contributed by atoms with Gasteiger partial charge in [-0.1, -0.05) is 50.2 Å². The van der Waals surface area contributed by atoms with E-state index < -0.39 is 10.0 Å². The van der Waals surface area contributed by atoms with Gasteiger partial charge in [0.1, 0.15) is 0 Å². The zero-order valence-electron chi connectivity index (χ0n) is 15.5. The molecule has 2 aromatic carbocycles. The summed E-state index contributed by atoms with van der Waals surface area (Å²) in [5, 5.41) is 0. The molecule has 26 heavy (non-hydrogen) atoms. The minimum atomic E-state index is -3.58. The van der Waals surface area contributed by atoms with Crippen LogP contribution < -0.4 is 9.62 Å². The Kier molecular flexibility index (Phi) is 6.94. The summed E-state index contributed by atoms with van der Waals surface area (Å²) >= 11 is 0. The van der Waals surface area contributed by atoms with Crippen LogP contribution in [0.3, 0.4) is 0 Å². The van der Waals surface area contributed by atoms with Crippen LogP contribution >= 0.6 is 0 Å². The van der Waals surface area contributed by atoms with Crippen LogP contribution in [0.15, 0.2) is 53.4 Å². The van der Waals surface area contributed by atoms with Crippen molar-refractivity contribution in [3.05, 3.63) is 59.7 Å². The van der Waals surface area contributed by atoms with Crippen LogP contribution in [0.1, 0.15) is 31.9 Å². The van der Waals surface area contributed by atoms with Crippen LogP contribution in [-0.4, -0.2) is 27.4 Å². The van der Waals surface area contributed by atoms with Gasteiger partial charge in [0.15, 0.2) is 0 Å². The smallest absolute Gasteiger partial charge is 0.240 e. The molecule has 6 heteroatoms. The molecule has 0 saturated carbocycles. The summed E-state index contributed by atoms with van der Waals surface area (Å²) in [7, 11) is -3.58. The number of para-hydroxylation sites is 1. The number of amides is 1. The van der Waals surface area contributed by atoms with Gasteiger partial charge < -0.3 is 4.90 Å². The molecule has 0 heterocycles. The minimum Gasteiger partial charge on any atom is -0.311 e. The average Bonchev–Trinajstić information content (AvgIpc) is 2.65. The van der Waals surface area contributed by atoms with E-state index in [1.54, 1.807) is 35.2 Å². The maximum absolute atomic E-state index is 12.4. The zero-order chi connectivity index (χ0) is 19.2. The highest BCUT2D eigenvalue weighted by Gasteiger charge is 2.19. The summed E-state index contributed by atoms with van der Waals surface area (Å²) in [6.45, 7) is 6.05. The molecular weight excluding hydrogens is 348 g/mol. The van der Waals surface area contributed by atoms with E-state index in [4.69, 9.17) is 0 Å². The first kappa shape index (κ1) is 20.1. The first-order valence-corrected chi connectivity index (χ1v) is 10.3. The van der Waals surface area contributed by atoms with E-state index in [2.05, 4.69) is 18.6 Å². The molecule has 1 amide bonds. The normalized spacial score (nSPS) is 11.3. The summed E-state index contributed by atoms with van der Waals surface area (Å²) in [6, 6.07) is 14.3. The first-order valence-electron chi connectivity index (χ1n) is 8.84. The number of aryl methyl sites for hydroxylation is 2. The van der Waals surface area contributed by atoms with Crippen molar-refractivity contribution in [2.24, 2.45) is 0 Å². The molecule has 0 spiro atoms. The lowest BCUT2D eigenvalue weighted by atomic mass is 10.0. The Bertz CT molecular complexity index is 826. The highest BCUT2D eigenvalue weighted by atomic mass is 32.2. The molecule has 2 aromatic rings. The quantitative estimate of drug-likeness (QED) is 0.772. The molecule has 0 unspecified atom stereocenters. The van der Waals surface area contributed by atoms with E-state index in [-0.39, 0.29) is 23.9 Å². The van der Waals surface area contributed by atoms with Crippen molar-refractivity contribution in [2.75, 3.05) is 18.0 Å². The van der Waals surface area contributed by atoms with Crippen LogP contribution in [0.5, 0.6) is 0 Å². The standard InChI is InChI=1S/C20H26N2O3S/c1-4-17-10-9-11-18(5-2)20(17)22(16(3)23)15-14-21-26(24,25)19-12-7-6-8-13-19/h6-13,21H,4-5,14-15H2,1-3H3. The molecule has 2 rings (SSSR count). The summed E-state index contributed by atoms with van der Waals surface area (Å²) in [6.07, 6.45) is 1.62. The fourth-order valence-electron chi connectivity index (χ4n) is 2.96. The number of rotatable bonds is 8. The summed E-state index contributed by atoms with van der Waals surface area (Å²) < 4.78 is 27.3. The molecule has 0 radical (unpaired) electrons. The van der Waals surface area contributed by atoms with Gasteiger partial charge in [0.05, 0.1) is 10.6 Å². The predicted molar refractivity (Wildman–Crippen MR) is 105 cm³/mol. The summed E-state index contributed by atoms with van der Waals surface area (Å²) in [5.74, 6) is -0.0977. The van der Waals surface area contributed by atoms with Crippen LogP contribution in [0.4, 0.5) is 5.69 Å². The highest BCUT2D eigenvalue weighted by Crippen LogP contribution is 2.27. The second kappa shape index (κ2) is 8.96. The third-order valence-corrected chi connectivity index (χ3v) is 5.77. The van der Waals surface area contributed by atoms with Crippen LogP contribution in [0.2, 0.25) is 0 Å². The summed E-state index contributed by atoms with van der Waals surface area (Å²) in [4.78, 5) is 14.1. The van der Waals surface area contributed by atoms with Gasteiger partial charge in [-0.3, -0.25) is 4.79 Å². The van der Waals surface area contributed by atoms with Crippen LogP contribution in [-0.2, 0) is 27.7 Å². The van der Waals surface area contributed by atoms with Crippen molar-refractivity contribution in [3.8, 4) is 0 Å². The Morgan fingerprint density at radius 1 is 0.962 bits per heavy atom. The Morgan fingerprint density at radius 2 is 1.54 bits per heavy atom. The van der Waals surface area contributed by atoms with Crippen LogP contribution in [0.25, 0.3) is 0 Å². The molecule has 140 valence electrons. The molecule has 0 aliphatic heterocycles. The van der Waals surface area contributed by atoms with Gasteiger partial charge in [0.2, 0.25) is 15.9 Å². The van der Waals surface area contributed by atoms with Gasteiger partial charge in [-0.15, -0.1) is 0 Å². The largest absolute Gasteiger partial charge is 0.311 e. The van der Waals surface area contributed by atoms with E-state index >= 15 is 0 Å². The topological polar surface area (TPSA) is 66.5 Å². The SMILES string of the molecule is CCc1cccc(CC)c1N(CCNS(=O)(=O)c1ccccc1)C(C)=O. The number of sulfonamides is 1. The van der Waals surface area contributed by atoms with Gasteiger partial charge in [-0.05, 0) is 36.1 Å². The number of carbonyl (C=O) groups excluding carboxylic acids is 1. The molecule has 5 nitrogen and oxygen atoms in total. The van der Waals surface area contributed by atoms with Crippen LogP contribution in [0, 0.1) is 0 Å². The second-order valence-corrected chi connectivity index (χ2v) is 7.78. The molecule has 0 saturated heterocycles. The lowest BCUT2D eigenvalue weighted by Crippen LogP contribution is -2.38. The second-order valence-electron chi connectivity index (χ2n) is 6.01. The third-order valence-electron chi connectivity index (χ3n) is 4.30. The zero-order valence-corrected chi connectivity index (χ0v) is 16.3. The Hall–Kier alpha value is -2.18. The Balaban J connectivity index is 2.20. The highest BCUT2D eigenvalue weighted by molar-refractivity contribution is 7.89. The van der Waals surface area contributed by atoms with Crippen molar-refractivity contribution >= 4 is 21.6 Å². The van der Waals surface area contributed by atoms with E-state index in [0.717, 1.165) is 29.7 Å². The van der Waals surface area contributed by atoms with E-state index in [9.17, 15) is 13.2 Å². The number of nitrogens with zero attached hydrogens (tertiary/aromatic N) is 1. The minimum absolute atomic E-state index is 0.0977. The van der Waals surface area contributed by atoms with E-state index in [1.807, 2.05) is 18.2 Å². The molecule has 0 atom stereocenters. The lowest BCUT2D eigenvalue weighted by molar-refractivity contribution is -0.116. The van der Waals surface area contributed by atoms with Gasteiger partial charge in [-0.2, -0.15) is 0 Å². The van der Waals surface area contributed by atoms with Crippen molar-refractivity contribution in [3.63, 3.8) is 0 Å². The van der Waals surface area contributed by atoms with Crippen molar-refractivity contribution < 1.29 is 13.2 Å². The van der Waals surface area contributed by atoms with Crippen molar-refractivity contribution in [2.45, 2.75) is 38.5 Å². The van der Waals surface area contributed by atoms with Crippen molar-refractivity contribution in [1.29, 1.82) is 0 Å². The fraction of sp³-hybridized carbons (Fsp3) is 0.350. The number of carbonyl (C=O) groups is 1. The molecular formula is C20H26N2O3S. The predicted octanol–water partition coefficient (Wildman–Crippen LogP) is 3.14. The molecule has 0 aliphatic carbocycles. The Labute approximate surface area is 156 Å². The average molecular weight is 375 g/mol. The van der Waals surface area contributed by atoms with Gasteiger partial charge in [0, 0.05) is 20.0 Å². The number of hydrogen-bond donors (Lipinski definition) is 1. The van der Waals surface area contributed by atoms with Gasteiger partial charge >= 0.3 is 0 Å². The summed E-state index contributed by atoms with van der Waals surface area (Å²) in [5.41, 5.74) is 3.08. The molecule has 0 aliphatic rings. The molecule has 0 fully saturated rings. The number of anilines is 1. The third kappa shape index (κ3) is 4.71. The fourth-order valence-corrected chi connectivity index (χ4v) is 4.01. The van der Waals surface area contributed by atoms with Gasteiger partial charge in [0.25, 0.3) is 0 Å². The number of nitrogens with one attached hydrogen (secondary N) is 1. The molecule has 0 bridgehead atoms. The Morgan fingerprint density at radius 3 is 2.04 bits per heavy atom. The van der Waals surface area contributed by atoms with Gasteiger partial charge in [-0.25, -0.2) is 13.1 Å². The monoisotopic (exact) mass is 374 g/mol. The van der Waals surface area contributed by atoms with Crippen molar-refractivity contribution in [1.82, 2.24) is 4.72 Å². The van der Waals surface area contributed by atoms with E-state index in [1.165, 1.54) is 6.92 Å². The number of hydrogen-bond acceptors (Lipinski definition) is 3. The van der Waals surface area contributed by atoms with E-state index in [0.29, 0.717) is 0 Å². The molecule has 1 N–H and O–H groups in total. The first-order chi connectivity index (χ1) is 12.4. The molecule has 0 aromatic heterocycles. The maximum Gasteiger partial charge on any atom is 0.240 e. The number of benzene rings is 2. The maximum atomic E-state index is 12.4. The lowest BCUT2D eigenvalue weighted by Gasteiger charge is -2.26.